The fourth-order valence-electron chi connectivity index (χ4n) is 1.01. The zero-order valence-electron chi connectivity index (χ0n) is 9.73. The highest BCUT2D eigenvalue weighted by Crippen LogP contribution is 2.01. The lowest BCUT2D eigenvalue weighted by Crippen LogP contribution is -2.15. The molecule has 0 aliphatic heterocycles. The molecule has 1 rings (SSSR count). The Bertz CT molecular complexity index is 249. The van der Waals surface area contributed by atoms with Crippen LogP contribution in [0.2, 0.25) is 0 Å². The fourth-order valence-corrected chi connectivity index (χ4v) is 1.01. The minimum Gasteiger partial charge on any atom is -0.388 e. The molecule has 1 amide bonds. The molecule has 0 spiro atoms. The summed E-state index contributed by atoms with van der Waals surface area (Å²) in [5.74, 6) is 0. The Morgan fingerprint density at radius 2 is 1.93 bits per heavy atom. The highest BCUT2D eigenvalue weighted by atomic mass is 16.1. The first-order valence-electron chi connectivity index (χ1n) is 5.13. The van der Waals surface area contributed by atoms with Gasteiger partial charge in [0.15, 0.2) is 0 Å². The topological polar surface area (TPSA) is 32.3 Å². The van der Waals surface area contributed by atoms with Crippen molar-refractivity contribution in [3.63, 3.8) is 0 Å². The molecule has 0 bridgehead atoms. The van der Waals surface area contributed by atoms with Crippen molar-refractivity contribution in [2.45, 2.75) is 13.3 Å². The summed E-state index contributed by atoms with van der Waals surface area (Å²) in [6.07, 6.45) is 1.87. The second-order valence-electron chi connectivity index (χ2n) is 3.20. The number of nitrogens with one attached hydrogen (secondary N) is 1. The Hall–Kier alpha value is -1.51. The van der Waals surface area contributed by atoms with E-state index in [1.807, 2.05) is 44.3 Å². The smallest absolute Gasteiger partial charge is 0.209 e. The number of rotatable bonds is 4. The van der Waals surface area contributed by atoms with Gasteiger partial charge in [0.25, 0.3) is 0 Å². The molecule has 0 fully saturated rings. The number of hydrogen-bond donors (Lipinski definition) is 1. The monoisotopic (exact) mass is 208 g/mol. The third-order valence-corrected chi connectivity index (χ3v) is 1.82. The number of anilines is 1. The molecule has 0 unspecified atom stereocenters. The normalized spacial score (nSPS) is 8.47. The molecule has 0 atom stereocenters. The van der Waals surface area contributed by atoms with Crippen LogP contribution in [0, 0.1) is 0 Å². The summed E-state index contributed by atoms with van der Waals surface area (Å²) >= 11 is 0. The zero-order valence-corrected chi connectivity index (χ0v) is 9.73. The van der Waals surface area contributed by atoms with Crippen LogP contribution in [0.3, 0.4) is 0 Å². The van der Waals surface area contributed by atoms with E-state index in [0.29, 0.717) is 0 Å². The molecule has 0 heterocycles. The van der Waals surface area contributed by atoms with Gasteiger partial charge in [0.2, 0.25) is 6.41 Å². The molecule has 84 valence electrons. The average molecular weight is 208 g/mol. The van der Waals surface area contributed by atoms with E-state index in [4.69, 9.17) is 0 Å². The summed E-state index contributed by atoms with van der Waals surface area (Å²) in [6.45, 7) is 2.91. The van der Waals surface area contributed by atoms with E-state index in [0.717, 1.165) is 25.1 Å². The molecule has 1 aromatic rings. The van der Waals surface area contributed by atoms with Crippen molar-refractivity contribution in [2.75, 3.05) is 26.0 Å². The second kappa shape index (κ2) is 9.06. The minimum atomic E-state index is 0.837. The lowest BCUT2D eigenvalue weighted by molar-refractivity contribution is -0.117. The van der Waals surface area contributed by atoms with E-state index >= 15 is 0 Å². The van der Waals surface area contributed by atoms with E-state index in [-0.39, 0.29) is 0 Å². The molecule has 0 saturated carbocycles. The molecule has 3 heteroatoms. The van der Waals surface area contributed by atoms with Crippen LogP contribution in [0.5, 0.6) is 0 Å². The molecule has 0 aromatic heterocycles. The predicted octanol–water partition coefficient (Wildman–Crippen LogP) is 2.21. The van der Waals surface area contributed by atoms with Crippen molar-refractivity contribution in [2.24, 2.45) is 0 Å². The first-order valence-corrected chi connectivity index (χ1v) is 5.13. The van der Waals surface area contributed by atoms with Crippen LogP contribution in [-0.4, -0.2) is 32.0 Å². The lowest BCUT2D eigenvalue weighted by Gasteiger charge is -2.05. The van der Waals surface area contributed by atoms with Gasteiger partial charge in [-0.25, -0.2) is 0 Å². The zero-order chi connectivity index (χ0) is 11.5. The van der Waals surface area contributed by atoms with E-state index < -0.39 is 0 Å². The predicted molar refractivity (Wildman–Crippen MR) is 65.0 cm³/mol. The number of amides is 1. The van der Waals surface area contributed by atoms with E-state index in [1.165, 1.54) is 0 Å². The number of nitrogens with zero attached hydrogens (tertiary/aromatic N) is 1. The maximum Gasteiger partial charge on any atom is 0.209 e. The molecule has 1 aromatic carbocycles. The third-order valence-electron chi connectivity index (χ3n) is 1.82. The SMILES string of the molecule is CCCN(C)C=O.CNc1ccccc1. The number of carbonyl (C=O) groups is 1. The van der Waals surface area contributed by atoms with Crippen molar-refractivity contribution in [1.82, 2.24) is 4.90 Å². The Balaban J connectivity index is 0.000000265. The minimum absolute atomic E-state index is 0.837. The molecule has 0 radical (unpaired) electrons. The molecule has 0 aliphatic carbocycles. The molecule has 3 nitrogen and oxygen atoms in total. The van der Waals surface area contributed by atoms with Crippen LogP contribution in [0.25, 0.3) is 0 Å². The van der Waals surface area contributed by atoms with E-state index in [9.17, 15) is 4.79 Å². The van der Waals surface area contributed by atoms with Crippen LogP contribution in [0.4, 0.5) is 5.69 Å². The summed E-state index contributed by atoms with van der Waals surface area (Å²) in [7, 11) is 3.69. The third kappa shape index (κ3) is 7.55. The number of hydrogen-bond acceptors (Lipinski definition) is 2. The van der Waals surface area contributed by atoms with Gasteiger partial charge in [-0.05, 0) is 18.6 Å². The van der Waals surface area contributed by atoms with Gasteiger partial charge in [-0.1, -0.05) is 25.1 Å². The van der Waals surface area contributed by atoms with E-state index in [1.54, 1.807) is 11.9 Å². The van der Waals surface area contributed by atoms with Gasteiger partial charge in [0.05, 0.1) is 0 Å². The molecule has 0 aliphatic rings. The summed E-state index contributed by atoms with van der Waals surface area (Å²) in [6, 6.07) is 10.1. The van der Waals surface area contributed by atoms with Gasteiger partial charge in [-0.3, -0.25) is 4.79 Å². The Kier molecular flexibility index (Phi) is 8.15. The van der Waals surface area contributed by atoms with Crippen molar-refractivity contribution in [3.8, 4) is 0 Å². The van der Waals surface area contributed by atoms with Gasteiger partial charge in [-0.15, -0.1) is 0 Å². The van der Waals surface area contributed by atoms with Crippen molar-refractivity contribution >= 4 is 12.1 Å². The summed E-state index contributed by atoms with van der Waals surface area (Å²) in [5.41, 5.74) is 1.16. The van der Waals surface area contributed by atoms with Crippen LogP contribution in [0.15, 0.2) is 30.3 Å². The van der Waals surface area contributed by atoms with Gasteiger partial charge in [0, 0.05) is 26.3 Å². The Labute approximate surface area is 92.1 Å². The molecule has 1 N–H and O–H groups in total. The Morgan fingerprint density at radius 1 is 1.33 bits per heavy atom. The van der Waals surface area contributed by atoms with Crippen LogP contribution < -0.4 is 5.32 Å². The Morgan fingerprint density at radius 3 is 2.20 bits per heavy atom. The quantitative estimate of drug-likeness (QED) is 0.769. The van der Waals surface area contributed by atoms with Crippen molar-refractivity contribution in [3.05, 3.63) is 30.3 Å². The largest absolute Gasteiger partial charge is 0.388 e. The van der Waals surface area contributed by atoms with Crippen molar-refractivity contribution < 1.29 is 4.79 Å². The summed E-state index contributed by atoms with van der Waals surface area (Å²) in [5, 5.41) is 3.03. The maximum atomic E-state index is 9.82. The maximum absolute atomic E-state index is 9.82. The fraction of sp³-hybridized carbons (Fsp3) is 0.417. The molecule has 0 saturated heterocycles. The number of carbonyl (C=O) groups excluding carboxylic acids is 1. The van der Waals surface area contributed by atoms with Crippen LogP contribution in [0.1, 0.15) is 13.3 Å². The molecular weight excluding hydrogens is 188 g/mol. The van der Waals surface area contributed by atoms with Gasteiger partial charge < -0.3 is 10.2 Å². The molecular formula is C12H20N2O. The first kappa shape index (κ1) is 13.5. The van der Waals surface area contributed by atoms with E-state index in [2.05, 4.69) is 5.32 Å². The first-order chi connectivity index (χ1) is 7.24. The number of para-hydroxylation sites is 1. The van der Waals surface area contributed by atoms with Gasteiger partial charge in [-0.2, -0.15) is 0 Å². The van der Waals surface area contributed by atoms with Gasteiger partial charge >= 0.3 is 0 Å². The average Bonchev–Trinajstić information content (AvgIpc) is 2.31. The number of benzene rings is 1. The van der Waals surface area contributed by atoms with Gasteiger partial charge in [0.1, 0.15) is 0 Å². The summed E-state index contributed by atoms with van der Waals surface area (Å²) in [4.78, 5) is 11.4. The van der Waals surface area contributed by atoms with Crippen molar-refractivity contribution in [1.29, 1.82) is 0 Å². The van der Waals surface area contributed by atoms with Crippen LogP contribution >= 0.6 is 0 Å². The lowest BCUT2D eigenvalue weighted by atomic mass is 10.3. The second-order valence-corrected chi connectivity index (χ2v) is 3.20. The highest BCUT2D eigenvalue weighted by Gasteiger charge is 1.84. The molecule has 15 heavy (non-hydrogen) atoms. The van der Waals surface area contributed by atoms with Crippen LogP contribution in [-0.2, 0) is 4.79 Å². The summed E-state index contributed by atoms with van der Waals surface area (Å²) < 4.78 is 0. The highest BCUT2D eigenvalue weighted by molar-refractivity contribution is 5.46. The standard InChI is InChI=1S/C7H9N.C5H11NO/c1-8-7-5-3-2-4-6-7;1-3-4-6(2)5-7/h2-6,8H,1H3;5H,3-4H2,1-2H3.